The molecule has 14 rings (SSSR count). The number of carboxylic acids is 1. The molecule has 0 spiro atoms. The Morgan fingerprint density at radius 2 is 0.713 bits per heavy atom. The van der Waals surface area contributed by atoms with Crippen LogP contribution in [-0.4, -0.2) is 148 Å². The summed E-state index contributed by atoms with van der Waals surface area (Å²) in [6.45, 7) is 26.2. The molecule has 0 bridgehead atoms. The molecule has 0 aliphatic heterocycles. The van der Waals surface area contributed by atoms with Crippen molar-refractivity contribution in [3.8, 4) is 23.3 Å². The van der Waals surface area contributed by atoms with Crippen molar-refractivity contribution in [1.82, 2.24) is 79.0 Å². The largest absolute Gasteiger partial charge is 0.478 e. The van der Waals surface area contributed by atoms with Gasteiger partial charge in [0, 0.05) is 140 Å². The fourth-order valence-electron chi connectivity index (χ4n) is 12.2. The first kappa shape index (κ1) is 104. The van der Waals surface area contributed by atoms with Gasteiger partial charge in [-0.1, -0.05) is 40.2 Å². The van der Waals surface area contributed by atoms with Gasteiger partial charge in [0.15, 0.2) is 23.3 Å². The third kappa shape index (κ3) is 30.6. The zero-order valence-electron chi connectivity index (χ0n) is 77.7. The number of hydrogen-bond acceptors (Lipinski definition) is 29. The minimum Gasteiger partial charge on any atom is -0.478 e. The van der Waals surface area contributed by atoms with Gasteiger partial charge in [-0.2, -0.15) is 65.5 Å². The van der Waals surface area contributed by atoms with Gasteiger partial charge in [-0.25, -0.2) is 54.3 Å². The predicted molar refractivity (Wildman–Crippen MR) is 518 cm³/mol. The standard InChI is InChI=1S/C25H25F3N8O.C21H27N7O2.C16H19N7.C12H16BrNO2.C9H8F3NO2.C9H12N6/c1-14-4-5-19(33-24(37)17-7-16(12-29)8-18(9-17)25(26,27)28)10-20(14)34-23-6-15(2)35-36(23)22-11-21(30-3)31-13-32-22;1-13-7-8-15(25-20(29)30-21(3,4)5)10-16(13)26-19-9-14(2)27-28(19)18-11-17(22-6)23-12-24-18;1-10-4-5-12(17)7-13(10)21-16-6-11(2)22-23(16)15-8-14(18-3)19-9-20-15;1-8-5-6-9(7-10(8)13)14-11(15)16-12(2,3)4;10-9(11,12)7-2-5(4-13)1-6(3-7)8(14)15;1-6-3-7(10)15(14-6)9-4-8(11-2)12-5-13-9/h4-11,13,34H,12,29H2,1-3H3,(H,33,37)(H,30,31,32);7-12,26H,1-6H3,(H,25,29)(H,22,23,24);4-9,21H,17H2,1-3H3,(H,18,19,20);5-7H,1-4H3,(H,14,15);1-3H,4,13H2,(H,14,15);3-5H,10H2,1-2H3,(H,11,12,13). The number of ether oxygens (including phenoxy) is 2. The molecular formula is C92H107BrF6N30O7. The van der Waals surface area contributed by atoms with Crippen LogP contribution in [0.15, 0.2) is 188 Å². The first-order valence-electron chi connectivity index (χ1n) is 41.7. The van der Waals surface area contributed by atoms with Gasteiger partial charge in [0.1, 0.15) is 83.1 Å². The number of aromatic nitrogens is 16. The van der Waals surface area contributed by atoms with Crippen LogP contribution >= 0.6 is 15.9 Å². The van der Waals surface area contributed by atoms with Crippen molar-refractivity contribution < 1.29 is 60.1 Å². The van der Waals surface area contributed by atoms with Crippen LogP contribution in [0.1, 0.15) is 130 Å². The van der Waals surface area contributed by atoms with E-state index in [1.807, 2.05) is 189 Å². The van der Waals surface area contributed by atoms with E-state index in [-0.39, 0.29) is 29.8 Å². The zero-order chi connectivity index (χ0) is 99.8. The van der Waals surface area contributed by atoms with E-state index in [1.54, 1.807) is 76.3 Å². The fraction of sp³-hybridized carbons (Fsp3) is 0.261. The Hall–Kier alpha value is -15.9. The molecule has 0 aliphatic rings. The molecule has 0 fully saturated rings. The van der Waals surface area contributed by atoms with Crippen molar-refractivity contribution in [2.24, 2.45) is 11.5 Å². The molecule has 136 heavy (non-hydrogen) atoms. The van der Waals surface area contributed by atoms with Gasteiger partial charge in [-0.15, -0.1) is 0 Å². The molecule has 37 nitrogen and oxygen atoms in total. The molecule has 0 unspecified atom stereocenters. The molecule has 6 aromatic carbocycles. The van der Waals surface area contributed by atoms with E-state index in [4.69, 9.17) is 37.5 Å². The highest BCUT2D eigenvalue weighted by atomic mass is 79.9. The number of nitrogens with two attached hydrogens (primary N) is 4. The number of nitrogens with zero attached hydrogens (tertiary/aromatic N) is 16. The Kier molecular flexibility index (Phi) is 35.1. The summed E-state index contributed by atoms with van der Waals surface area (Å²) in [6.07, 6.45) is -4.21. The lowest BCUT2D eigenvalue weighted by atomic mass is 10.0. The van der Waals surface area contributed by atoms with Gasteiger partial charge in [0.2, 0.25) is 0 Å². The molecule has 0 radical (unpaired) electrons. The SMILES string of the molecule is CNc1cc(-n2nc(C)cc2N)ncn1.CNc1cc(-n2nc(C)cc2Nc2cc(N)ccc2C)ncn1.CNc1cc(-n2nc(C)cc2Nc2cc(NC(=O)OC(C)(C)C)ccc2C)ncn1.CNc1cc(-n2nc(C)cc2Nc2cc(NC(=O)c3cc(CN)cc(C(F)(F)F)c3)ccc2C)ncn1.Cc1ccc(NC(=O)OC(C)(C)C)cc1Br.NCc1cc(C(=O)O)cc(C(F)(F)F)c1. The Bertz CT molecular complexity index is 6530. The number of hydrogen-bond donors (Lipinski definition) is 15. The Balaban J connectivity index is 0.000000190. The number of carboxylic acid groups (broad SMARTS) is 1. The summed E-state index contributed by atoms with van der Waals surface area (Å²) in [5, 5.41) is 56.4. The van der Waals surface area contributed by atoms with Crippen LogP contribution in [0.5, 0.6) is 0 Å². The quantitative estimate of drug-likeness (QED) is 0.0235. The topological polar surface area (TPSA) is 506 Å². The fourth-order valence-corrected chi connectivity index (χ4v) is 12.5. The van der Waals surface area contributed by atoms with Crippen LogP contribution < -0.4 is 76.1 Å². The van der Waals surface area contributed by atoms with Crippen molar-refractivity contribution >= 4 is 126 Å². The number of benzene rings is 6. The van der Waals surface area contributed by atoms with Crippen molar-refractivity contribution in [3.63, 3.8) is 0 Å². The zero-order valence-corrected chi connectivity index (χ0v) is 79.3. The van der Waals surface area contributed by atoms with E-state index in [9.17, 15) is 45.5 Å². The van der Waals surface area contributed by atoms with Crippen molar-refractivity contribution in [2.75, 3.05) is 92.8 Å². The maximum Gasteiger partial charge on any atom is 0.416 e. The normalized spacial score (nSPS) is 11.0. The lowest BCUT2D eigenvalue weighted by molar-refractivity contribution is -0.138. The molecule has 8 aromatic heterocycles. The number of halogens is 7. The summed E-state index contributed by atoms with van der Waals surface area (Å²) in [5.74, 6) is 5.93. The number of carbonyl (C=O) groups excluding carboxylic acids is 3. The van der Waals surface area contributed by atoms with Gasteiger partial charge in [-0.05, 0) is 215 Å². The number of anilines is 15. The molecule has 14 aromatic rings. The highest BCUT2D eigenvalue weighted by Gasteiger charge is 2.33. The number of nitrogens with one attached hydrogen (secondary N) is 10. The highest BCUT2D eigenvalue weighted by Crippen LogP contribution is 2.36. The number of aromatic carboxylic acids is 1. The van der Waals surface area contributed by atoms with E-state index >= 15 is 0 Å². The first-order chi connectivity index (χ1) is 64.1. The lowest BCUT2D eigenvalue weighted by Crippen LogP contribution is -2.27. The smallest absolute Gasteiger partial charge is 0.416 e. The molecule has 0 saturated heterocycles. The molecule has 19 N–H and O–H groups in total. The number of aryl methyl sites for hydroxylation is 8. The average molecular weight is 1940 g/mol. The van der Waals surface area contributed by atoms with E-state index in [0.29, 0.717) is 81.0 Å². The van der Waals surface area contributed by atoms with Crippen LogP contribution in [0.25, 0.3) is 23.3 Å². The van der Waals surface area contributed by atoms with Gasteiger partial charge in [0.25, 0.3) is 5.91 Å². The van der Waals surface area contributed by atoms with Gasteiger partial charge < -0.3 is 80.0 Å². The van der Waals surface area contributed by atoms with Crippen LogP contribution in [0.3, 0.4) is 0 Å². The number of alkyl halides is 6. The van der Waals surface area contributed by atoms with Crippen LogP contribution in [0.2, 0.25) is 0 Å². The number of carbonyl (C=O) groups is 4. The van der Waals surface area contributed by atoms with Crippen LogP contribution in [0, 0.1) is 55.4 Å². The Morgan fingerprint density at radius 1 is 0.390 bits per heavy atom. The molecule has 44 heteroatoms. The Labute approximate surface area is 788 Å². The van der Waals surface area contributed by atoms with Gasteiger partial charge >= 0.3 is 30.5 Å². The maximum atomic E-state index is 13.3. The molecule has 0 saturated carbocycles. The summed E-state index contributed by atoms with van der Waals surface area (Å²) in [5.41, 5.74) is 31.5. The van der Waals surface area contributed by atoms with Gasteiger partial charge in [0.05, 0.1) is 39.5 Å². The van der Waals surface area contributed by atoms with Crippen LogP contribution in [-0.2, 0) is 34.9 Å². The molecular weight excluding hydrogens is 1830 g/mol. The number of amides is 3. The van der Waals surface area contributed by atoms with E-state index in [2.05, 4.69) is 129 Å². The Morgan fingerprint density at radius 3 is 1.05 bits per heavy atom. The summed E-state index contributed by atoms with van der Waals surface area (Å²) in [4.78, 5) is 80.4. The molecule has 0 atom stereocenters. The summed E-state index contributed by atoms with van der Waals surface area (Å²) < 4.78 is 94.9. The highest BCUT2D eigenvalue weighted by molar-refractivity contribution is 9.10. The van der Waals surface area contributed by atoms with Crippen molar-refractivity contribution in [1.29, 1.82) is 0 Å². The second-order valence-corrected chi connectivity index (χ2v) is 33.0. The maximum absolute atomic E-state index is 13.3. The molecule has 716 valence electrons. The summed E-state index contributed by atoms with van der Waals surface area (Å²) in [7, 11) is 7.16. The number of nitrogen functional groups attached to an aromatic ring is 2. The monoisotopic (exact) mass is 1940 g/mol. The third-order valence-corrected chi connectivity index (χ3v) is 19.6. The van der Waals surface area contributed by atoms with Crippen molar-refractivity contribution in [2.45, 2.75) is 134 Å². The lowest BCUT2D eigenvalue weighted by Gasteiger charge is -2.20. The minimum atomic E-state index is -4.60. The molecule has 0 aliphatic carbocycles. The van der Waals surface area contributed by atoms with Crippen LogP contribution in [0.4, 0.5) is 122 Å². The number of rotatable bonds is 21. The average Bonchev–Trinajstić information content (AvgIpc) is 1.72. The summed E-state index contributed by atoms with van der Waals surface area (Å²) >= 11 is 3.41. The third-order valence-electron chi connectivity index (χ3n) is 18.7. The van der Waals surface area contributed by atoms with Crippen molar-refractivity contribution in [3.05, 3.63) is 266 Å². The molecule has 8 heterocycles. The second-order valence-electron chi connectivity index (χ2n) is 32.1. The second kappa shape index (κ2) is 46.0. The van der Waals surface area contributed by atoms with E-state index in [0.717, 1.165) is 108 Å². The minimum absolute atomic E-state index is 0.127. The predicted octanol–water partition coefficient (Wildman–Crippen LogP) is 18.4. The van der Waals surface area contributed by atoms with E-state index in [1.165, 1.54) is 31.4 Å². The summed E-state index contributed by atoms with van der Waals surface area (Å²) in [6, 6.07) is 42.5. The first-order valence-corrected chi connectivity index (χ1v) is 42.4. The molecule has 3 amide bonds. The van der Waals surface area contributed by atoms with Gasteiger partial charge in [-0.3, -0.25) is 15.4 Å². The van der Waals surface area contributed by atoms with E-state index < -0.39 is 64.3 Å².